The summed E-state index contributed by atoms with van der Waals surface area (Å²) in [6, 6.07) is 0.370. The van der Waals surface area contributed by atoms with Gasteiger partial charge in [-0.3, -0.25) is 9.69 Å². The van der Waals surface area contributed by atoms with Crippen molar-refractivity contribution in [2.24, 2.45) is 5.92 Å². The summed E-state index contributed by atoms with van der Waals surface area (Å²) in [5, 5.41) is 3.20. The fourth-order valence-electron chi connectivity index (χ4n) is 2.48. The molecular formula is C13H26N2O2. The highest BCUT2D eigenvalue weighted by molar-refractivity contribution is 5.75. The van der Waals surface area contributed by atoms with Gasteiger partial charge in [-0.2, -0.15) is 0 Å². The number of rotatable bonds is 5. The van der Waals surface area contributed by atoms with E-state index in [0.717, 1.165) is 25.6 Å². The van der Waals surface area contributed by atoms with Crippen LogP contribution >= 0.6 is 0 Å². The van der Waals surface area contributed by atoms with E-state index in [-0.39, 0.29) is 12.0 Å². The normalized spacial score (nSPS) is 27.8. The average Bonchev–Trinajstić information content (AvgIpc) is 2.32. The number of nitrogens with zero attached hydrogens (tertiary/aromatic N) is 1. The number of piperidine rings is 1. The lowest BCUT2D eigenvalue weighted by Gasteiger charge is -2.38. The molecule has 1 heterocycles. The van der Waals surface area contributed by atoms with Crippen molar-refractivity contribution in [3.05, 3.63) is 0 Å². The average molecular weight is 242 g/mol. The Hall–Kier alpha value is -0.610. The standard InChI is InChI=1S/C13H26N2O2/c1-5-14-12(13(16)17-4)9-15-8-10(2)6-7-11(15)3/h10-12,14H,5-9H2,1-4H3. The Morgan fingerprint density at radius 1 is 1.47 bits per heavy atom. The Kier molecular flexibility index (Phi) is 5.92. The van der Waals surface area contributed by atoms with Crippen molar-refractivity contribution in [1.29, 1.82) is 0 Å². The lowest BCUT2D eigenvalue weighted by atomic mass is 9.94. The summed E-state index contributed by atoms with van der Waals surface area (Å²) >= 11 is 0. The van der Waals surface area contributed by atoms with E-state index in [0.29, 0.717) is 6.04 Å². The minimum atomic E-state index is -0.197. The fourth-order valence-corrected chi connectivity index (χ4v) is 2.48. The van der Waals surface area contributed by atoms with Crippen LogP contribution in [0.2, 0.25) is 0 Å². The Morgan fingerprint density at radius 3 is 2.76 bits per heavy atom. The van der Waals surface area contributed by atoms with Crippen LogP contribution in [-0.4, -0.2) is 49.7 Å². The molecule has 3 atom stereocenters. The number of likely N-dealkylation sites (N-methyl/N-ethyl adjacent to an activating group) is 1. The summed E-state index contributed by atoms with van der Waals surface area (Å²) in [6.45, 7) is 9.16. The first-order valence-electron chi connectivity index (χ1n) is 6.63. The molecule has 3 unspecified atom stereocenters. The maximum absolute atomic E-state index is 11.7. The first-order valence-corrected chi connectivity index (χ1v) is 6.63. The lowest BCUT2D eigenvalue weighted by Crippen LogP contribution is -2.51. The van der Waals surface area contributed by atoms with E-state index < -0.39 is 0 Å². The van der Waals surface area contributed by atoms with Crippen molar-refractivity contribution in [3.8, 4) is 0 Å². The summed E-state index contributed by atoms with van der Waals surface area (Å²) in [4.78, 5) is 14.1. The van der Waals surface area contributed by atoms with Gasteiger partial charge in [0.2, 0.25) is 0 Å². The van der Waals surface area contributed by atoms with Crippen LogP contribution in [0.4, 0.5) is 0 Å². The second-order valence-electron chi connectivity index (χ2n) is 5.12. The number of carbonyl (C=O) groups is 1. The molecule has 1 fully saturated rings. The van der Waals surface area contributed by atoms with Crippen LogP contribution in [0.15, 0.2) is 0 Å². The van der Waals surface area contributed by atoms with Gasteiger partial charge in [-0.1, -0.05) is 13.8 Å². The molecule has 0 bridgehead atoms. The maximum atomic E-state index is 11.7. The molecule has 0 saturated carbocycles. The van der Waals surface area contributed by atoms with Crippen molar-refractivity contribution in [3.63, 3.8) is 0 Å². The SMILES string of the molecule is CCNC(CN1CC(C)CCC1C)C(=O)OC. The van der Waals surface area contributed by atoms with Gasteiger partial charge in [0.25, 0.3) is 0 Å². The highest BCUT2D eigenvalue weighted by Crippen LogP contribution is 2.21. The molecule has 0 aromatic heterocycles. The van der Waals surface area contributed by atoms with Gasteiger partial charge in [0, 0.05) is 19.1 Å². The Labute approximate surface area is 105 Å². The van der Waals surface area contributed by atoms with E-state index in [2.05, 4.69) is 24.1 Å². The molecule has 0 amide bonds. The molecule has 0 spiro atoms. The third kappa shape index (κ3) is 4.28. The third-order valence-corrected chi connectivity index (χ3v) is 3.60. The van der Waals surface area contributed by atoms with Crippen LogP contribution in [-0.2, 0) is 9.53 Å². The van der Waals surface area contributed by atoms with E-state index in [1.807, 2.05) is 6.92 Å². The van der Waals surface area contributed by atoms with Gasteiger partial charge in [0.05, 0.1) is 7.11 Å². The van der Waals surface area contributed by atoms with Crippen LogP contribution in [0.1, 0.15) is 33.6 Å². The fraction of sp³-hybridized carbons (Fsp3) is 0.923. The van der Waals surface area contributed by atoms with Gasteiger partial charge in [-0.05, 0) is 32.2 Å². The number of hydrogen-bond acceptors (Lipinski definition) is 4. The molecule has 0 radical (unpaired) electrons. The Bertz CT molecular complexity index is 246. The van der Waals surface area contributed by atoms with Gasteiger partial charge in [0.15, 0.2) is 0 Å². The van der Waals surface area contributed by atoms with Crippen LogP contribution in [0.5, 0.6) is 0 Å². The monoisotopic (exact) mass is 242 g/mol. The summed E-state index contributed by atoms with van der Waals surface area (Å²) in [6.07, 6.45) is 2.52. The molecule has 100 valence electrons. The highest BCUT2D eigenvalue weighted by Gasteiger charge is 2.28. The minimum absolute atomic E-state index is 0.155. The number of ether oxygens (including phenoxy) is 1. The van der Waals surface area contributed by atoms with Crippen molar-refractivity contribution < 1.29 is 9.53 Å². The molecule has 1 N–H and O–H groups in total. The third-order valence-electron chi connectivity index (χ3n) is 3.60. The van der Waals surface area contributed by atoms with E-state index >= 15 is 0 Å². The predicted octanol–water partition coefficient (Wildman–Crippen LogP) is 1.26. The van der Waals surface area contributed by atoms with Gasteiger partial charge in [-0.15, -0.1) is 0 Å². The first kappa shape index (κ1) is 14.5. The van der Waals surface area contributed by atoms with E-state index in [1.165, 1.54) is 20.0 Å². The highest BCUT2D eigenvalue weighted by atomic mass is 16.5. The van der Waals surface area contributed by atoms with Crippen molar-refractivity contribution in [2.45, 2.75) is 45.7 Å². The molecule has 0 aliphatic carbocycles. The van der Waals surface area contributed by atoms with E-state index in [4.69, 9.17) is 4.74 Å². The molecule has 4 nitrogen and oxygen atoms in total. The lowest BCUT2D eigenvalue weighted by molar-refractivity contribution is -0.144. The largest absolute Gasteiger partial charge is 0.468 e. The number of carbonyl (C=O) groups excluding carboxylic acids is 1. The molecule has 0 aromatic carbocycles. The molecular weight excluding hydrogens is 216 g/mol. The van der Waals surface area contributed by atoms with Crippen LogP contribution in [0.3, 0.4) is 0 Å². The molecule has 1 saturated heterocycles. The van der Waals surface area contributed by atoms with Crippen molar-refractivity contribution in [1.82, 2.24) is 10.2 Å². The molecule has 0 aromatic rings. The summed E-state index contributed by atoms with van der Waals surface area (Å²) in [5.41, 5.74) is 0. The second kappa shape index (κ2) is 6.97. The molecule has 1 aliphatic rings. The molecule has 1 rings (SSSR count). The zero-order chi connectivity index (χ0) is 12.8. The first-order chi connectivity index (χ1) is 8.08. The van der Waals surface area contributed by atoms with Crippen molar-refractivity contribution in [2.75, 3.05) is 26.7 Å². The summed E-state index contributed by atoms with van der Waals surface area (Å²) in [5.74, 6) is 0.573. The second-order valence-corrected chi connectivity index (χ2v) is 5.12. The number of nitrogens with one attached hydrogen (secondary N) is 1. The molecule has 4 heteroatoms. The predicted molar refractivity (Wildman–Crippen MR) is 68.9 cm³/mol. The Balaban J connectivity index is 2.55. The van der Waals surface area contributed by atoms with Crippen molar-refractivity contribution >= 4 is 5.97 Å². The zero-order valence-corrected chi connectivity index (χ0v) is 11.5. The van der Waals surface area contributed by atoms with E-state index in [1.54, 1.807) is 0 Å². The Morgan fingerprint density at radius 2 is 2.18 bits per heavy atom. The van der Waals surface area contributed by atoms with Crippen LogP contribution in [0.25, 0.3) is 0 Å². The number of likely N-dealkylation sites (tertiary alicyclic amines) is 1. The molecule has 1 aliphatic heterocycles. The summed E-state index contributed by atoms with van der Waals surface area (Å²) < 4.78 is 4.84. The topological polar surface area (TPSA) is 41.6 Å². The molecule has 17 heavy (non-hydrogen) atoms. The minimum Gasteiger partial charge on any atom is -0.468 e. The number of esters is 1. The summed E-state index contributed by atoms with van der Waals surface area (Å²) in [7, 11) is 1.45. The smallest absolute Gasteiger partial charge is 0.324 e. The van der Waals surface area contributed by atoms with E-state index in [9.17, 15) is 4.79 Å². The maximum Gasteiger partial charge on any atom is 0.324 e. The van der Waals surface area contributed by atoms with Gasteiger partial charge < -0.3 is 10.1 Å². The van der Waals surface area contributed by atoms with Crippen LogP contribution < -0.4 is 5.32 Å². The zero-order valence-electron chi connectivity index (χ0n) is 11.5. The quantitative estimate of drug-likeness (QED) is 0.737. The number of methoxy groups -OCH3 is 1. The number of hydrogen-bond donors (Lipinski definition) is 1. The van der Waals surface area contributed by atoms with Gasteiger partial charge in [0.1, 0.15) is 6.04 Å². The van der Waals surface area contributed by atoms with Gasteiger partial charge in [-0.25, -0.2) is 0 Å². The van der Waals surface area contributed by atoms with Gasteiger partial charge >= 0.3 is 5.97 Å². The van der Waals surface area contributed by atoms with Crippen LogP contribution in [0, 0.1) is 5.92 Å².